The summed E-state index contributed by atoms with van der Waals surface area (Å²) in [5.41, 5.74) is 2.11. The Kier molecular flexibility index (Phi) is 2.04. The van der Waals surface area contributed by atoms with Crippen LogP contribution in [0.1, 0.15) is 27.3 Å². The smallest absolute Gasteiger partial charge is 0.340 e. The summed E-state index contributed by atoms with van der Waals surface area (Å²) in [5, 5.41) is 0.794. The van der Waals surface area contributed by atoms with Crippen LogP contribution in [0.4, 0.5) is 0 Å². The van der Waals surface area contributed by atoms with E-state index < -0.39 is 0 Å². The van der Waals surface area contributed by atoms with E-state index in [0.717, 1.165) is 16.6 Å². The normalized spacial score (nSPS) is 14.1. The molecule has 0 radical (unpaired) electrons. The lowest BCUT2D eigenvalue weighted by Gasteiger charge is -1.99. The lowest BCUT2D eigenvalue weighted by Crippen LogP contribution is -2.05. The van der Waals surface area contributed by atoms with Gasteiger partial charge in [0.2, 0.25) is 5.91 Å². The molecule has 0 bridgehead atoms. The molecule has 0 aliphatic carbocycles. The van der Waals surface area contributed by atoms with Gasteiger partial charge in [-0.1, -0.05) is 18.2 Å². The Hall–Kier alpha value is -2.10. The fourth-order valence-corrected chi connectivity index (χ4v) is 2.48. The number of para-hydroxylation sites is 1. The molecule has 0 unspecified atom stereocenters. The van der Waals surface area contributed by atoms with Crippen LogP contribution < -0.4 is 0 Å². The Labute approximate surface area is 97.8 Å². The van der Waals surface area contributed by atoms with Crippen molar-refractivity contribution >= 4 is 22.8 Å². The first-order valence-electron chi connectivity index (χ1n) is 5.48. The molecule has 3 rings (SSSR count). The third kappa shape index (κ3) is 1.24. The van der Waals surface area contributed by atoms with Gasteiger partial charge in [0, 0.05) is 17.5 Å². The van der Waals surface area contributed by atoms with Crippen molar-refractivity contribution in [2.24, 2.45) is 0 Å². The number of carbonyl (C=O) groups excluding carboxylic acids is 2. The van der Waals surface area contributed by atoms with Gasteiger partial charge in [0.15, 0.2) is 0 Å². The standard InChI is InChI=1S/C13H11NO3/c1-17-13(16)12-8-4-2-3-5-9(8)14-10(12)6-7-11(14)15/h2-5H,6-7H2,1H3. The molecule has 0 atom stereocenters. The van der Waals surface area contributed by atoms with Gasteiger partial charge < -0.3 is 4.74 Å². The van der Waals surface area contributed by atoms with Crippen molar-refractivity contribution in [2.75, 3.05) is 7.11 Å². The molecule has 2 heterocycles. The van der Waals surface area contributed by atoms with Crippen LogP contribution in [0.2, 0.25) is 0 Å². The summed E-state index contributed by atoms with van der Waals surface area (Å²) in [5.74, 6) is -0.323. The third-order valence-electron chi connectivity index (χ3n) is 3.19. The summed E-state index contributed by atoms with van der Waals surface area (Å²) in [6.07, 6.45) is 1.07. The molecule has 86 valence electrons. The van der Waals surface area contributed by atoms with Crippen molar-refractivity contribution in [3.05, 3.63) is 35.5 Å². The number of methoxy groups -OCH3 is 1. The highest BCUT2D eigenvalue weighted by molar-refractivity contribution is 6.10. The van der Waals surface area contributed by atoms with Crippen LogP contribution >= 0.6 is 0 Å². The summed E-state index contributed by atoms with van der Waals surface area (Å²) >= 11 is 0. The fraction of sp³-hybridized carbons (Fsp3) is 0.231. The van der Waals surface area contributed by atoms with Crippen molar-refractivity contribution in [1.82, 2.24) is 4.57 Å². The summed E-state index contributed by atoms with van der Waals surface area (Å²) in [6.45, 7) is 0. The Morgan fingerprint density at radius 3 is 2.82 bits per heavy atom. The van der Waals surface area contributed by atoms with E-state index in [-0.39, 0.29) is 11.9 Å². The molecule has 4 nitrogen and oxygen atoms in total. The number of esters is 1. The molecule has 2 aromatic rings. The van der Waals surface area contributed by atoms with E-state index in [4.69, 9.17) is 4.74 Å². The zero-order valence-electron chi connectivity index (χ0n) is 9.40. The summed E-state index contributed by atoms with van der Waals surface area (Å²) in [7, 11) is 1.36. The van der Waals surface area contributed by atoms with E-state index >= 15 is 0 Å². The number of carbonyl (C=O) groups is 2. The van der Waals surface area contributed by atoms with Crippen molar-refractivity contribution in [2.45, 2.75) is 12.8 Å². The number of hydrogen-bond donors (Lipinski definition) is 0. The van der Waals surface area contributed by atoms with E-state index in [9.17, 15) is 9.59 Å². The molecule has 0 amide bonds. The Bertz CT molecular complexity index is 639. The molecular weight excluding hydrogens is 218 g/mol. The molecule has 0 spiro atoms. The minimum Gasteiger partial charge on any atom is -0.465 e. The maximum atomic E-state index is 11.8. The van der Waals surface area contributed by atoms with Gasteiger partial charge in [-0.25, -0.2) is 4.79 Å². The molecule has 0 fully saturated rings. The van der Waals surface area contributed by atoms with E-state index in [1.165, 1.54) is 7.11 Å². The number of hydrogen-bond acceptors (Lipinski definition) is 3. The van der Waals surface area contributed by atoms with Gasteiger partial charge in [0.25, 0.3) is 0 Å². The summed E-state index contributed by atoms with van der Waals surface area (Å²) < 4.78 is 6.44. The first kappa shape index (κ1) is 10.1. The van der Waals surface area contributed by atoms with Crippen LogP contribution in [0.3, 0.4) is 0 Å². The van der Waals surface area contributed by atoms with Gasteiger partial charge >= 0.3 is 5.97 Å². The number of nitrogens with zero attached hydrogens (tertiary/aromatic N) is 1. The number of benzene rings is 1. The van der Waals surface area contributed by atoms with Gasteiger partial charge in [0.05, 0.1) is 18.2 Å². The number of aromatic nitrogens is 1. The van der Waals surface area contributed by atoms with E-state index in [1.807, 2.05) is 24.3 Å². The number of ether oxygens (including phenoxy) is 1. The predicted molar refractivity (Wildman–Crippen MR) is 62.2 cm³/mol. The lowest BCUT2D eigenvalue weighted by atomic mass is 10.1. The summed E-state index contributed by atoms with van der Waals surface area (Å²) in [4.78, 5) is 23.6. The quantitative estimate of drug-likeness (QED) is 0.703. The maximum Gasteiger partial charge on any atom is 0.340 e. The molecule has 1 aliphatic heterocycles. The van der Waals surface area contributed by atoms with Crippen molar-refractivity contribution < 1.29 is 14.3 Å². The van der Waals surface area contributed by atoms with Crippen molar-refractivity contribution in [3.63, 3.8) is 0 Å². The van der Waals surface area contributed by atoms with Gasteiger partial charge in [0.1, 0.15) is 0 Å². The van der Waals surface area contributed by atoms with Crippen LogP contribution in [0.25, 0.3) is 10.9 Å². The minimum absolute atomic E-state index is 0.0475. The van der Waals surface area contributed by atoms with Gasteiger partial charge in [-0.3, -0.25) is 9.36 Å². The molecular formula is C13H11NO3. The third-order valence-corrected chi connectivity index (χ3v) is 3.19. The van der Waals surface area contributed by atoms with E-state index in [0.29, 0.717) is 18.4 Å². The lowest BCUT2D eigenvalue weighted by molar-refractivity contribution is 0.0602. The first-order chi connectivity index (χ1) is 8.24. The Balaban J connectivity index is 2.42. The SMILES string of the molecule is COC(=O)c1c2n(c3ccccc13)C(=O)CC2. The van der Waals surface area contributed by atoms with Crippen LogP contribution in [0.15, 0.2) is 24.3 Å². The number of rotatable bonds is 1. The first-order valence-corrected chi connectivity index (χ1v) is 5.48. The summed E-state index contributed by atoms with van der Waals surface area (Å²) in [6, 6.07) is 7.42. The van der Waals surface area contributed by atoms with Crippen LogP contribution in [-0.4, -0.2) is 23.6 Å². The van der Waals surface area contributed by atoms with E-state index in [1.54, 1.807) is 4.57 Å². The molecule has 0 saturated carbocycles. The second kappa shape index (κ2) is 3.45. The highest BCUT2D eigenvalue weighted by atomic mass is 16.5. The predicted octanol–water partition coefficient (Wildman–Crippen LogP) is 2.01. The number of fused-ring (bicyclic) bond motifs is 3. The highest BCUT2D eigenvalue weighted by Gasteiger charge is 2.29. The zero-order valence-corrected chi connectivity index (χ0v) is 9.40. The maximum absolute atomic E-state index is 11.8. The van der Waals surface area contributed by atoms with Gasteiger partial charge in [-0.15, -0.1) is 0 Å². The molecule has 1 aromatic carbocycles. The second-order valence-corrected chi connectivity index (χ2v) is 4.06. The second-order valence-electron chi connectivity index (χ2n) is 4.06. The molecule has 1 aromatic heterocycles. The molecule has 4 heteroatoms. The molecule has 0 saturated heterocycles. The molecule has 0 N–H and O–H groups in total. The van der Waals surface area contributed by atoms with Crippen molar-refractivity contribution in [3.8, 4) is 0 Å². The molecule has 17 heavy (non-hydrogen) atoms. The van der Waals surface area contributed by atoms with Crippen LogP contribution in [0.5, 0.6) is 0 Å². The average molecular weight is 229 g/mol. The van der Waals surface area contributed by atoms with E-state index in [2.05, 4.69) is 0 Å². The molecule has 1 aliphatic rings. The highest BCUT2D eigenvalue weighted by Crippen LogP contribution is 2.31. The Morgan fingerprint density at radius 2 is 2.06 bits per heavy atom. The Morgan fingerprint density at radius 1 is 1.29 bits per heavy atom. The minimum atomic E-state index is -0.371. The average Bonchev–Trinajstić information content (AvgIpc) is 2.87. The van der Waals surface area contributed by atoms with Gasteiger partial charge in [-0.2, -0.15) is 0 Å². The largest absolute Gasteiger partial charge is 0.465 e. The monoisotopic (exact) mass is 229 g/mol. The zero-order chi connectivity index (χ0) is 12.0. The topological polar surface area (TPSA) is 48.3 Å². The van der Waals surface area contributed by atoms with Crippen LogP contribution in [0, 0.1) is 0 Å². The van der Waals surface area contributed by atoms with Gasteiger partial charge in [-0.05, 0) is 12.5 Å². The van der Waals surface area contributed by atoms with Crippen LogP contribution in [-0.2, 0) is 11.2 Å². The fourth-order valence-electron chi connectivity index (χ4n) is 2.48. The van der Waals surface area contributed by atoms with Crippen molar-refractivity contribution in [1.29, 1.82) is 0 Å².